The fourth-order valence-corrected chi connectivity index (χ4v) is 1.69. The van der Waals surface area contributed by atoms with Crippen LogP contribution in [0.4, 0.5) is 14.9 Å². The van der Waals surface area contributed by atoms with Crippen LogP contribution in [0.1, 0.15) is 13.8 Å². The fraction of sp³-hybridized carbons (Fsp3) is 0.385. The molecule has 0 spiro atoms. The lowest BCUT2D eigenvalue weighted by molar-refractivity contribution is -0.141. The number of hydrogen-bond acceptors (Lipinski definition) is 3. The normalized spacial score (nSPS) is 13.4. The molecule has 20 heavy (non-hydrogen) atoms. The first-order chi connectivity index (χ1) is 9.36. The smallest absolute Gasteiger partial charge is 0.328 e. The first-order valence-corrected chi connectivity index (χ1v) is 6.11. The molecule has 1 rings (SSSR count). The van der Waals surface area contributed by atoms with Gasteiger partial charge in [0.15, 0.2) is 6.04 Å². The summed E-state index contributed by atoms with van der Waals surface area (Å²) in [6.45, 7) is 3.15. The number of aliphatic carboxylic acids is 1. The van der Waals surface area contributed by atoms with Crippen LogP contribution in [0.5, 0.6) is 0 Å². The predicted octanol–water partition coefficient (Wildman–Crippen LogP) is 1.20. The Kier molecular flexibility index (Phi) is 5.45. The number of halogens is 1. The lowest BCUT2D eigenvalue weighted by Gasteiger charge is -2.25. The van der Waals surface area contributed by atoms with Gasteiger partial charge in [0.2, 0.25) is 0 Å². The van der Waals surface area contributed by atoms with Gasteiger partial charge in [-0.1, -0.05) is 6.07 Å². The molecule has 2 atom stereocenters. The number of hydrogen-bond donors (Lipinski definition) is 3. The topological polar surface area (TPSA) is 89.9 Å². The highest BCUT2D eigenvalue weighted by Crippen LogP contribution is 2.15. The number of rotatable bonds is 5. The molecule has 0 radical (unpaired) electrons. The van der Waals surface area contributed by atoms with Crippen molar-refractivity contribution in [2.75, 3.05) is 11.4 Å². The van der Waals surface area contributed by atoms with Crippen molar-refractivity contribution in [1.82, 2.24) is 5.32 Å². The van der Waals surface area contributed by atoms with E-state index < -0.39 is 30.0 Å². The van der Waals surface area contributed by atoms with Crippen LogP contribution < -0.4 is 10.2 Å². The molecular weight excluding hydrogens is 267 g/mol. The number of anilines is 1. The van der Waals surface area contributed by atoms with Crippen LogP contribution in [0.25, 0.3) is 0 Å². The summed E-state index contributed by atoms with van der Waals surface area (Å²) in [4.78, 5) is 24.1. The zero-order chi connectivity index (χ0) is 15.3. The largest absolute Gasteiger partial charge is 0.480 e. The van der Waals surface area contributed by atoms with E-state index in [2.05, 4.69) is 5.32 Å². The molecule has 0 aliphatic rings. The van der Waals surface area contributed by atoms with Crippen molar-refractivity contribution < 1.29 is 24.2 Å². The number of nitrogens with zero attached hydrogens (tertiary/aromatic N) is 1. The molecular formula is C13H17FN2O4. The van der Waals surface area contributed by atoms with Crippen LogP contribution in [0, 0.1) is 5.82 Å². The van der Waals surface area contributed by atoms with E-state index in [4.69, 9.17) is 5.11 Å². The molecule has 0 aromatic heterocycles. The van der Waals surface area contributed by atoms with E-state index in [0.717, 1.165) is 0 Å². The first kappa shape index (κ1) is 15.9. The number of urea groups is 1. The SMILES string of the molecule is CCN(C(=O)N[C@H](C(=O)O)[C@@H](C)O)c1cccc(F)c1. The molecule has 0 unspecified atom stereocenters. The van der Waals surface area contributed by atoms with E-state index in [1.807, 2.05) is 0 Å². The molecule has 1 aromatic carbocycles. The fourth-order valence-electron chi connectivity index (χ4n) is 1.69. The minimum absolute atomic E-state index is 0.224. The van der Waals surface area contributed by atoms with Gasteiger partial charge in [-0.05, 0) is 32.0 Å². The highest BCUT2D eigenvalue weighted by atomic mass is 19.1. The summed E-state index contributed by atoms with van der Waals surface area (Å²) in [6, 6.07) is 3.25. The Bertz CT molecular complexity index is 493. The van der Waals surface area contributed by atoms with Gasteiger partial charge < -0.3 is 15.5 Å². The van der Waals surface area contributed by atoms with Crippen molar-refractivity contribution in [2.45, 2.75) is 26.0 Å². The van der Waals surface area contributed by atoms with Crippen molar-refractivity contribution in [3.8, 4) is 0 Å². The zero-order valence-electron chi connectivity index (χ0n) is 11.2. The second kappa shape index (κ2) is 6.85. The van der Waals surface area contributed by atoms with Crippen LogP contribution in [-0.2, 0) is 4.79 Å². The van der Waals surface area contributed by atoms with E-state index in [1.54, 1.807) is 6.92 Å². The second-order valence-electron chi connectivity index (χ2n) is 4.23. The number of aliphatic hydroxyl groups excluding tert-OH is 1. The number of carboxylic acids is 1. The van der Waals surface area contributed by atoms with Crippen LogP contribution in [0.3, 0.4) is 0 Å². The number of aliphatic hydroxyl groups is 1. The lowest BCUT2D eigenvalue weighted by atomic mass is 10.2. The maximum Gasteiger partial charge on any atom is 0.328 e. The van der Waals surface area contributed by atoms with Gasteiger partial charge in [0.1, 0.15) is 5.82 Å². The monoisotopic (exact) mass is 284 g/mol. The van der Waals surface area contributed by atoms with Gasteiger partial charge in [-0.3, -0.25) is 4.90 Å². The summed E-state index contributed by atoms with van der Waals surface area (Å²) in [6.07, 6.45) is -1.25. The summed E-state index contributed by atoms with van der Waals surface area (Å²) < 4.78 is 13.2. The summed E-state index contributed by atoms with van der Waals surface area (Å²) in [5.41, 5.74) is 0.305. The van der Waals surface area contributed by atoms with Gasteiger partial charge in [-0.25, -0.2) is 14.0 Å². The molecule has 0 aliphatic carbocycles. The van der Waals surface area contributed by atoms with E-state index in [9.17, 15) is 19.1 Å². The molecule has 7 heteroatoms. The quantitative estimate of drug-likeness (QED) is 0.757. The molecule has 0 saturated carbocycles. The summed E-state index contributed by atoms with van der Waals surface area (Å²) in [7, 11) is 0. The second-order valence-corrected chi connectivity index (χ2v) is 4.23. The summed E-state index contributed by atoms with van der Waals surface area (Å²) >= 11 is 0. The predicted molar refractivity (Wildman–Crippen MR) is 71.1 cm³/mol. The molecule has 0 aliphatic heterocycles. The average Bonchev–Trinajstić information content (AvgIpc) is 2.36. The Hall–Kier alpha value is -2.15. The minimum Gasteiger partial charge on any atom is -0.480 e. The lowest BCUT2D eigenvalue weighted by Crippen LogP contribution is -2.52. The minimum atomic E-state index is -1.43. The van der Waals surface area contributed by atoms with Crippen LogP contribution >= 0.6 is 0 Å². The summed E-state index contributed by atoms with van der Waals surface area (Å²) in [5.74, 6) is -1.84. The van der Waals surface area contributed by atoms with Gasteiger partial charge in [-0.2, -0.15) is 0 Å². The number of carboxylic acid groups (broad SMARTS) is 1. The number of benzene rings is 1. The number of carbonyl (C=O) groups is 2. The molecule has 6 nitrogen and oxygen atoms in total. The van der Waals surface area contributed by atoms with Crippen molar-refractivity contribution in [2.24, 2.45) is 0 Å². The van der Waals surface area contributed by atoms with E-state index in [-0.39, 0.29) is 6.54 Å². The highest BCUT2D eigenvalue weighted by molar-refractivity contribution is 5.94. The van der Waals surface area contributed by atoms with E-state index in [1.165, 1.54) is 36.1 Å². The molecule has 0 heterocycles. The number of amides is 2. The van der Waals surface area contributed by atoms with Gasteiger partial charge >= 0.3 is 12.0 Å². The molecule has 0 saturated heterocycles. The Morgan fingerprint density at radius 2 is 2.10 bits per heavy atom. The van der Waals surface area contributed by atoms with Gasteiger partial charge in [0.05, 0.1) is 6.10 Å². The number of carbonyl (C=O) groups excluding carboxylic acids is 1. The van der Waals surface area contributed by atoms with Crippen molar-refractivity contribution in [1.29, 1.82) is 0 Å². The summed E-state index contributed by atoms with van der Waals surface area (Å²) in [5, 5.41) is 20.4. The molecule has 1 aromatic rings. The maximum absolute atomic E-state index is 13.2. The molecule has 2 amide bonds. The van der Waals surface area contributed by atoms with Gasteiger partial charge in [0, 0.05) is 12.2 Å². The zero-order valence-corrected chi connectivity index (χ0v) is 11.2. The Morgan fingerprint density at radius 1 is 1.45 bits per heavy atom. The van der Waals surface area contributed by atoms with Crippen molar-refractivity contribution in [3.63, 3.8) is 0 Å². The standard InChI is InChI=1S/C13H17FN2O4/c1-3-16(10-6-4-5-9(14)7-10)13(20)15-11(8(2)17)12(18)19/h4-8,11,17H,3H2,1-2H3,(H,15,20)(H,18,19)/t8-,11+/m1/s1. The van der Waals surface area contributed by atoms with Crippen LogP contribution in [0.2, 0.25) is 0 Å². The average molecular weight is 284 g/mol. The third-order valence-corrected chi connectivity index (χ3v) is 2.71. The highest BCUT2D eigenvalue weighted by Gasteiger charge is 2.27. The Balaban J connectivity index is 2.90. The first-order valence-electron chi connectivity index (χ1n) is 6.11. The molecule has 3 N–H and O–H groups in total. The van der Waals surface area contributed by atoms with E-state index >= 15 is 0 Å². The third-order valence-electron chi connectivity index (χ3n) is 2.71. The third kappa shape index (κ3) is 3.92. The van der Waals surface area contributed by atoms with Crippen LogP contribution in [0.15, 0.2) is 24.3 Å². The number of nitrogens with one attached hydrogen (secondary N) is 1. The van der Waals surface area contributed by atoms with Gasteiger partial charge in [0.25, 0.3) is 0 Å². The van der Waals surface area contributed by atoms with Crippen molar-refractivity contribution >= 4 is 17.7 Å². The van der Waals surface area contributed by atoms with Crippen molar-refractivity contribution in [3.05, 3.63) is 30.1 Å². The Labute approximate surface area is 115 Å². The molecule has 0 fully saturated rings. The van der Waals surface area contributed by atoms with Crippen LogP contribution in [-0.4, -0.2) is 40.9 Å². The van der Waals surface area contributed by atoms with E-state index in [0.29, 0.717) is 5.69 Å². The molecule has 0 bridgehead atoms. The molecule has 110 valence electrons. The Morgan fingerprint density at radius 3 is 2.55 bits per heavy atom. The van der Waals surface area contributed by atoms with Gasteiger partial charge in [-0.15, -0.1) is 0 Å². The maximum atomic E-state index is 13.2.